The van der Waals surface area contributed by atoms with E-state index in [9.17, 15) is 4.79 Å². The number of aryl methyl sites for hydroxylation is 3. The van der Waals surface area contributed by atoms with Crippen LogP contribution in [0.25, 0.3) is 0 Å². The van der Waals surface area contributed by atoms with Crippen LogP contribution in [0.5, 0.6) is 0 Å². The Kier molecular flexibility index (Phi) is 5.78. The van der Waals surface area contributed by atoms with Gasteiger partial charge in [0.15, 0.2) is 5.78 Å². The SMILES string of the molecule is CC(=O)c1ccc(C)cc1.Cc1ccc(Cl)cc1C. The smallest absolute Gasteiger partial charge is 0.159 e. The maximum Gasteiger partial charge on any atom is 0.159 e. The van der Waals surface area contributed by atoms with E-state index in [1.807, 2.05) is 49.4 Å². The molecule has 0 atom stereocenters. The molecule has 19 heavy (non-hydrogen) atoms. The average Bonchev–Trinajstić information content (AvgIpc) is 2.35. The summed E-state index contributed by atoms with van der Waals surface area (Å²) in [7, 11) is 0. The molecule has 0 saturated carbocycles. The molecule has 0 unspecified atom stereocenters. The van der Waals surface area contributed by atoms with Crippen molar-refractivity contribution in [1.29, 1.82) is 0 Å². The van der Waals surface area contributed by atoms with Crippen LogP contribution >= 0.6 is 11.6 Å². The van der Waals surface area contributed by atoms with Crippen molar-refractivity contribution in [2.75, 3.05) is 0 Å². The highest BCUT2D eigenvalue weighted by Gasteiger charge is 1.95. The predicted molar refractivity (Wildman–Crippen MR) is 82.1 cm³/mol. The number of Topliss-reactive ketones (excluding diaryl/α,β-unsaturated/α-hetero) is 1. The van der Waals surface area contributed by atoms with Crippen LogP contribution in [-0.4, -0.2) is 5.78 Å². The lowest BCUT2D eigenvalue weighted by atomic mass is 10.1. The van der Waals surface area contributed by atoms with Crippen LogP contribution in [0.1, 0.15) is 34.0 Å². The molecule has 1 nitrogen and oxygen atoms in total. The topological polar surface area (TPSA) is 17.1 Å². The third kappa shape index (κ3) is 5.27. The van der Waals surface area contributed by atoms with Gasteiger partial charge in [0.1, 0.15) is 0 Å². The Balaban J connectivity index is 0.000000191. The first-order valence-electron chi connectivity index (χ1n) is 6.20. The van der Waals surface area contributed by atoms with Gasteiger partial charge in [-0.1, -0.05) is 47.5 Å². The van der Waals surface area contributed by atoms with E-state index in [2.05, 4.69) is 13.8 Å². The summed E-state index contributed by atoms with van der Waals surface area (Å²) in [4.78, 5) is 10.8. The number of halogens is 1. The monoisotopic (exact) mass is 274 g/mol. The first-order valence-corrected chi connectivity index (χ1v) is 6.58. The van der Waals surface area contributed by atoms with Crippen molar-refractivity contribution in [1.82, 2.24) is 0 Å². The third-order valence-corrected chi connectivity index (χ3v) is 3.16. The van der Waals surface area contributed by atoms with Gasteiger partial charge in [-0.25, -0.2) is 0 Å². The summed E-state index contributed by atoms with van der Waals surface area (Å²) < 4.78 is 0. The molecule has 100 valence electrons. The lowest BCUT2D eigenvalue weighted by Gasteiger charge is -1.97. The Bertz CT molecular complexity index is 556. The zero-order chi connectivity index (χ0) is 14.4. The number of rotatable bonds is 1. The lowest BCUT2D eigenvalue weighted by Crippen LogP contribution is -1.90. The lowest BCUT2D eigenvalue weighted by molar-refractivity contribution is 0.101. The van der Waals surface area contributed by atoms with Crippen molar-refractivity contribution in [3.63, 3.8) is 0 Å². The number of hydrogen-bond donors (Lipinski definition) is 0. The number of ketones is 1. The fourth-order valence-electron chi connectivity index (χ4n) is 1.49. The standard InChI is InChI=1S/C9H10O.C8H9Cl/c1-7-3-5-9(6-4-7)8(2)10;1-6-3-4-8(9)5-7(6)2/h3-6H,1-2H3;3-5H,1-2H3. The zero-order valence-electron chi connectivity index (χ0n) is 11.8. The predicted octanol–water partition coefficient (Wildman–Crippen LogP) is 5.15. The van der Waals surface area contributed by atoms with Gasteiger partial charge in [0.25, 0.3) is 0 Å². The van der Waals surface area contributed by atoms with Gasteiger partial charge in [-0.3, -0.25) is 4.79 Å². The summed E-state index contributed by atoms with van der Waals surface area (Å²) in [5.74, 6) is 0.125. The van der Waals surface area contributed by atoms with Gasteiger partial charge in [-0.05, 0) is 51.0 Å². The first kappa shape index (κ1) is 15.5. The molecule has 2 aromatic carbocycles. The van der Waals surface area contributed by atoms with Crippen molar-refractivity contribution in [3.8, 4) is 0 Å². The van der Waals surface area contributed by atoms with E-state index < -0.39 is 0 Å². The number of hydrogen-bond acceptors (Lipinski definition) is 1. The molecule has 0 spiro atoms. The summed E-state index contributed by atoms with van der Waals surface area (Å²) in [6.07, 6.45) is 0. The van der Waals surface area contributed by atoms with Crippen molar-refractivity contribution in [3.05, 3.63) is 69.7 Å². The summed E-state index contributed by atoms with van der Waals surface area (Å²) in [5.41, 5.74) is 4.51. The molecule has 0 N–H and O–H groups in total. The molecule has 2 rings (SSSR count). The number of carbonyl (C=O) groups is 1. The normalized spacial score (nSPS) is 9.53. The van der Waals surface area contributed by atoms with E-state index in [0.717, 1.165) is 10.6 Å². The van der Waals surface area contributed by atoms with Crippen LogP contribution in [0.4, 0.5) is 0 Å². The van der Waals surface area contributed by atoms with E-state index in [1.54, 1.807) is 6.92 Å². The van der Waals surface area contributed by atoms with Crippen LogP contribution in [0.15, 0.2) is 42.5 Å². The quantitative estimate of drug-likeness (QED) is 0.657. The Labute approximate surface area is 120 Å². The van der Waals surface area contributed by atoms with E-state index in [-0.39, 0.29) is 5.78 Å². The summed E-state index contributed by atoms with van der Waals surface area (Å²) in [6.45, 7) is 7.71. The van der Waals surface area contributed by atoms with Crippen molar-refractivity contribution in [2.45, 2.75) is 27.7 Å². The summed E-state index contributed by atoms with van der Waals surface area (Å²) >= 11 is 5.72. The Hall–Kier alpha value is -1.60. The summed E-state index contributed by atoms with van der Waals surface area (Å²) in [6, 6.07) is 13.5. The van der Waals surface area contributed by atoms with E-state index in [4.69, 9.17) is 11.6 Å². The van der Waals surface area contributed by atoms with Gasteiger partial charge in [0.2, 0.25) is 0 Å². The van der Waals surface area contributed by atoms with Gasteiger partial charge in [-0.2, -0.15) is 0 Å². The van der Waals surface area contributed by atoms with Gasteiger partial charge >= 0.3 is 0 Å². The second-order valence-electron chi connectivity index (χ2n) is 4.65. The van der Waals surface area contributed by atoms with Gasteiger partial charge in [0.05, 0.1) is 0 Å². The molecule has 0 amide bonds. The van der Waals surface area contributed by atoms with E-state index in [1.165, 1.54) is 16.7 Å². The fraction of sp³-hybridized carbons (Fsp3) is 0.235. The number of benzene rings is 2. The third-order valence-electron chi connectivity index (χ3n) is 2.93. The maximum atomic E-state index is 10.8. The minimum atomic E-state index is 0.125. The second-order valence-corrected chi connectivity index (χ2v) is 5.09. The highest BCUT2D eigenvalue weighted by atomic mass is 35.5. The molecule has 0 radical (unpaired) electrons. The molecule has 2 heteroatoms. The minimum Gasteiger partial charge on any atom is -0.295 e. The van der Waals surface area contributed by atoms with E-state index in [0.29, 0.717) is 0 Å². The second kappa shape index (κ2) is 7.10. The van der Waals surface area contributed by atoms with Gasteiger partial charge in [0, 0.05) is 10.6 Å². The van der Waals surface area contributed by atoms with Crippen LogP contribution in [0, 0.1) is 20.8 Å². The maximum absolute atomic E-state index is 10.8. The number of carbonyl (C=O) groups excluding carboxylic acids is 1. The van der Waals surface area contributed by atoms with Crippen LogP contribution in [0.2, 0.25) is 5.02 Å². The zero-order valence-corrected chi connectivity index (χ0v) is 12.6. The average molecular weight is 275 g/mol. The largest absolute Gasteiger partial charge is 0.295 e. The summed E-state index contributed by atoms with van der Waals surface area (Å²) in [5, 5.41) is 0.818. The molecule has 0 aliphatic carbocycles. The molecule has 0 aliphatic rings. The molecule has 0 heterocycles. The highest BCUT2D eigenvalue weighted by molar-refractivity contribution is 6.30. The molecule has 0 fully saturated rings. The minimum absolute atomic E-state index is 0.125. The Morgan fingerprint density at radius 3 is 1.89 bits per heavy atom. The molecule has 0 aliphatic heterocycles. The highest BCUT2D eigenvalue weighted by Crippen LogP contribution is 2.13. The fourth-order valence-corrected chi connectivity index (χ4v) is 1.72. The van der Waals surface area contributed by atoms with E-state index >= 15 is 0 Å². The molecule has 2 aromatic rings. The van der Waals surface area contributed by atoms with Gasteiger partial charge in [-0.15, -0.1) is 0 Å². The molecular weight excluding hydrogens is 256 g/mol. The Morgan fingerprint density at radius 1 is 0.895 bits per heavy atom. The molecular formula is C17H19ClO. The Morgan fingerprint density at radius 2 is 1.47 bits per heavy atom. The van der Waals surface area contributed by atoms with Crippen molar-refractivity contribution in [2.24, 2.45) is 0 Å². The van der Waals surface area contributed by atoms with Crippen LogP contribution in [-0.2, 0) is 0 Å². The van der Waals surface area contributed by atoms with Crippen LogP contribution in [0.3, 0.4) is 0 Å². The van der Waals surface area contributed by atoms with Crippen LogP contribution < -0.4 is 0 Å². The van der Waals surface area contributed by atoms with Crippen molar-refractivity contribution >= 4 is 17.4 Å². The molecule has 0 saturated heterocycles. The molecule has 0 bridgehead atoms. The molecule has 0 aromatic heterocycles. The first-order chi connectivity index (χ1) is 8.90. The van der Waals surface area contributed by atoms with Gasteiger partial charge < -0.3 is 0 Å². The van der Waals surface area contributed by atoms with Crippen molar-refractivity contribution < 1.29 is 4.79 Å².